The van der Waals surface area contributed by atoms with Crippen LogP contribution in [0.4, 0.5) is 5.69 Å². The first-order valence-electron chi connectivity index (χ1n) is 6.49. The van der Waals surface area contributed by atoms with Crippen LogP contribution in [0.2, 0.25) is 0 Å². The Kier molecular flexibility index (Phi) is 3.03. The molecule has 1 aliphatic rings. The molecule has 1 aliphatic heterocycles. The van der Waals surface area contributed by atoms with Crippen LogP contribution in [0.1, 0.15) is 17.3 Å². The van der Waals surface area contributed by atoms with Gasteiger partial charge in [-0.1, -0.05) is 36.4 Å². The molecule has 3 nitrogen and oxygen atoms in total. The highest BCUT2D eigenvalue weighted by molar-refractivity contribution is 6.09. The Labute approximate surface area is 118 Å². The van der Waals surface area contributed by atoms with Gasteiger partial charge in [-0.2, -0.15) is 0 Å². The molecule has 0 unspecified atom stereocenters. The van der Waals surface area contributed by atoms with E-state index >= 15 is 0 Å². The number of nitrogens with zero attached hydrogens (tertiary/aromatic N) is 1. The first kappa shape index (κ1) is 12.5. The summed E-state index contributed by atoms with van der Waals surface area (Å²) in [5, 5.41) is 0. The molecule has 0 saturated carbocycles. The average Bonchev–Trinajstić information content (AvgIpc) is 2.55. The van der Waals surface area contributed by atoms with Gasteiger partial charge in [-0.05, 0) is 31.2 Å². The minimum atomic E-state index is -0.0615. The number of para-hydroxylation sites is 3. The number of carbonyl (C=O) groups is 1. The minimum Gasteiger partial charge on any atom is -0.454 e. The lowest BCUT2D eigenvalue weighted by atomic mass is 10.1. The second-order valence-corrected chi connectivity index (χ2v) is 4.91. The first-order valence-corrected chi connectivity index (χ1v) is 6.49. The number of fused-ring (bicyclic) bond motifs is 2. The Bertz CT molecular complexity index is 691. The SMILES string of the molecule is C=C(C)CN1C(=O)c2ccccc2Oc2ccccc21. The molecule has 2 aromatic carbocycles. The van der Waals surface area contributed by atoms with E-state index in [1.807, 2.05) is 49.4 Å². The summed E-state index contributed by atoms with van der Waals surface area (Å²) in [6.07, 6.45) is 0. The molecule has 0 radical (unpaired) electrons. The van der Waals surface area contributed by atoms with Crippen LogP contribution < -0.4 is 9.64 Å². The monoisotopic (exact) mass is 265 g/mol. The van der Waals surface area contributed by atoms with Gasteiger partial charge in [0.25, 0.3) is 5.91 Å². The van der Waals surface area contributed by atoms with Crippen LogP contribution in [0.25, 0.3) is 0 Å². The van der Waals surface area contributed by atoms with Crippen molar-refractivity contribution in [1.82, 2.24) is 0 Å². The van der Waals surface area contributed by atoms with Crippen molar-refractivity contribution in [2.75, 3.05) is 11.4 Å². The summed E-state index contributed by atoms with van der Waals surface area (Å²) in [5.41, 5.74) is 2.27. The van der Waals surface area contributed by atoms with Crippen molar-refractivity contribution in [2.24, 2.45) is 0 Å². The molecule has 0 aromatic heterocycles. The summed E-state index contributed by atoms with van der Waals surface area (Å²) in [7, 11) is 0. The van der Waals surface area contributed by atoms with Gasteiger partial charge >= 0.3 is 0 Å². The Morgan fingerprint density at radius 2 is 1.75 bits per heavy atom. The summed E-state index contributed by atoms with van der Waals surface area (Å²) in [6, 6.07) is 14.9. The van der Waals surface area contributed by atoms with Crippen LogP contribution in [0.5, 0.6) is 11.5 Å². The van der Waals surface area contributed by atoms with Gasteiger partial charge in [-0.15, -0.1) is 0 Å². The van der Waals surface area contributed by atoms with E-state index in [-0.39, 0.29) is 5.91 Å². The highest BCUT2D eigenvalue weighted by atomic mass is 16.5. The van der Waals surface area contributed by atoms with Gasteiger partial charge in [-0.3, -0.25) is 4.79 Å². The van der Waals surface area contributed by atoms with E-state index in [4.69, 9.17) is 4.74 Å². The highest BCUT2D eigenvalue weighted by Crippen LogP contribution is 2.38. The van der Waals surface area contributed by atoms with E-state index in [1.54, 1.807) is 11.0 Å². The lowest BCUT2D eigenvalue weighted by Gasteiger charge is -2.22. The molecule has 0 N–H and O–H groups in total. The van der Waals surface area contributed by atoms with Gasteiger partial charge in [0.05, 0.1) is 11.3 Å². The molecule has 0 atom stereocenters. The number of anilines is 1. The van der Waals surface area contributed by atoms with E-state index < -0.39 is 0 Å². The summed E-state index contributed by atoms with van der Waals surface area (Å²) >= 11 is 0. The molecule has 0 fully saturated rings. The standard InChI is InChI=1S/C17H15NO2/c1-12(2)11-18-14-8-4-6-10-16(14)20-15-9-5-3-7-13(15)17(18)19/h3-10H,1,11H2,2H3. The second-order valence-electron chi connectivity index (χ2n) is 4.91. The maximum atomic E-state index is 12.7. The topological polar surface area (TPSA) is 29.5 Å². The van der Waals surface area contributed by atoms with E-state index in [9.17, 15) is 4.79 Å². The predicted molar refractivity (Wildman–Crippen MR) is 79.4 cm³/mol. The van der Waals surface area contributed by atoms with Gasteiger partial charge < -0.3 is 9.64 Å². The molecule has 0 saturated heterocycles. The van der Waals surface area contributed by atoms with Gasteiger partial charge in [0.15, 0.2) is 5.75 Å². The van der Waals surface area contributed by atoms with Crippen LogP contribution in [-0.2, 0) is 0 Å². The van der Waals surface area contributed by atoms with Crippen molar-refractivity contribution in [3.63, 3.8) is 0 Å². The Hall–Kier alpha value is -2.55. The average molecular weight is 265 g/mol. The van der Waals surface area contributed by atoms with Crippen molar-refractivity contribution in [3.05, 3.63) is 66.2 Å². The number of hydrogen-bond acceptors (Lipinski definition) is 2. The molecule has 20 heavy (non-hydrogen) atoms. The highest BCUT2D eigenvalue weighted by Gasteiger charge is 2.27. The summed E-state index contributed by atoms with van der Waals surface area (Å²) in [5.74, 6) is 1.22. The first-order chi connectivity index (χ1) is 9.66. The zero-order valence-corrected chi connectivity index (χ0v) is 11.3. The third-order valence-corrected chi connectivity index (χ3v) is 3.17. The van der Waals surface area contributed by atoms with Crippen LogP contribution in [0.3, 0.4) is 0 Å². The lowest BCUT2D eigenvalue weighted by molar-refractivity contribution is 0.0989. The molecule has 0 spiro atoms. The third kappa shape index (κ3) is 2.07. The zero-order chi connectivity index (χ0) is 14.1. The molecule has 0 aliphatic carbocycles. The quantitative estimate of drug-likeness (QED) is 0.768. The molecular formula is C17H15NO2. The molecular weight excluding hydrogens is 250 g/mol. The van der Waals surface area contributed by atoms with E-state index in [0.717, 1.165) is 11.3 Å². The molecule has 1 amide bonds. The summed E-state index contributed by atoms with van der Waals surface area (Å²) in [4.78, 5) is 14.5. The second kappa shape index (κ2) is 4.85. The molecule has 100 valence electrons. The van der Waals surface area contributed by atoms with Crippen molar-refractivity contribution < 1.29 is 9.53 Å². The predicted octanol–water partition coefficient (Wildman–Crippen LogP) is 4.02. The van der Waals surface area contributed by atoms with Crippen molar-refractivity contribution in [3.8, 4) is 11.5 Å². The van der Waals surface area contributed by atoms with Crippen molar-refractivity contribution in [1.29, 1.82) is 0 Å². The maximum absolute atomic E-state index is 12.7. The Morgan fingerprint density at radius 1 is 1.10 bits per heavy atom. The van der Waals surface area contributed by atoms with Gasteiger partial charge in [0, 0.05) is 6.54 Å². The van der Waals surface area contributed by atoms with Gasteiger partial charge in [-0.25, -0.2) is 0 Å². The van der Waals surface area contributed by atoms with Crippen LogP contribution in [0, 0.1) is 0 Å². The van der Waals surface area contributed by atoms with Crippen LogP contribution in [0.15, 0.2) is 60.7 Å². The Morgan fingerprint density at radius 3 is 2.50 bits per heavy atom. The lowest BCUT2D eigenvalue weighted by Crippen LogP contribution is -2.31. The van der Waals surface area contributed by atoms with Crippen LogP contribution >= 0.6 is 0 Å². The summed E-state index contributed by atoms with van der Waals surface area (Å²) in [6.45, 7) is 6.30. The number of benzene rings is 2. The normalized spacial score (nSPS) is 13.1. The smallest absolute Gasteiger partial charge is 0.262 e. The molecule has 3 rings (SSSR count). The molecule has 0 bridgehead atoms. The van der Waals surface area contributed by atoms with E-state index in [2.05, 4.69) is 6.58 Å². The fourth-order valence-corrected chi connectivity index (χ4v) is 2.30. The van der Waals surface area contributed by atoms with Crippen molar-refractivity contribution >= 4 is 11.6 Å². The number of carbonyl (C=O) groups excluding carboxylic acids is 1. The number of rotatable bonds is 2. The minimum absolute atomic E-state index is 0.0615. The van der Waals surface area contributed by atoms with Crippen LogP contribution in [-0.4, -0.2) is 12.5 Å². The van der Waals surface area contributed by atoms with Gasteiger partial charge in [0.2, 0.25) is 0 Å². The van der Waals surface area contributed by atoms with Gasteiger partial charge in [0.1, 0.15) is 5.75 Å². The Balaban J connectivity index is 2.19. The maximum Gasteiger partial charge on any atom is 0.262 e. The largest absolute Gasteiger partial charge is 0.454 e. The molecule has 1 heterocycles. The number of amides is 1. The van der Waals surface area contributed by atoms with E-state index in [1.165, 1.54) is 0 Å². The third-order valence-electron chi connectivity index (χ3n) is 3.17. The number of hydrogen-bond donors (Lipinski definition) is 0. The molecule has 2 aromatic rings. The van der Waals surface area contributed by atoms with Crippen molar-refractivity contribution in [2.45, 2.75) is 6.92 Å². The fraction of sp³-hybridized carbons (Fsp3) is 0.118. The van der Waals surface area contributed by atoms with E-state index in [0.29, 0.717) is 23.6 Å². The molecule has 3 heteroatoms. The zero-order valence-electron chi connectivity index (χ0n) is 11.3. The summed E-state index contributed by atoms with van der Waals surface area (Å²) < 4.78 is 5.89. The number of ether oxygens (including phenoxy) is 1. The fourth-order valence-electron chi connectivity index (χ4n) is 2.30.